The third-order valence-corrected chi connectivity index (χ3v) is 3.52. The summed E-state index contributed by atoms with van der Waals surface area (Å²) in [4.78, 5) is 2.49. The topological polar surface area (TPSA) is 3.24 Å². The van der Waals surface area contributed by atoms with Crippen molar-refractivity contribution in [1.82, 2.24) is 4.90 Å². The monoisotopic (exact) mass is 317 g/mol. The van der Waals surface area contributed by atoms with E-state index in [1.807, 2.05) is 0 Å². The average Bonchev–Trinajstić information content (AvgIpc) is 3.13. The first-order chi connectivity index (χ1) is 9.90. The molecule has 2 saturated carbocycles. The van der Waals surface area contributed by atoms with Crippen LogP contribution in [0.25, 0.3) is 0 Å². The smallest absolute Gasteiger partial charge is 0.298 e. The minimum absolute atomic E-state index is 0. The van der Waals surface area contributed by atoms with Crippen molar-refractivity contribution < 1.29 is 17.1 Å². The largest absolute Gasteiger partial charge is 2.00 e. The Morgan fingerprint density at radius 2 is 1.10 bits per heavy atom. The number of benzene rings is 1. The maximum Gasteiger partial charge on any atom is 2.00 e. The minimum atomic E-state index is 0. The molecule has 2 aliphatic rings. The number of hydrogen-bond acceptors (Lipinski definition) is 1. The molecule has 10 radical (unpaired) electrons. The zero-order valence-corrected chi connectivity index (χ0v) is 13.0. The van der Waals surface area contributed by atoms with Gasteiger partial charge in [-0.25, -0.2) is 0 Å². The van der Waals surface area contributed by atoms with Crippen molar-refractivity contribution >= 4 is 0 Å². The first-order valence-corrected chi connectivity index (χ1v) is 7.07. The summed E-state index contributed by atoms with van der Waals surface area (Å²) in [6.45, 7) is 2.97. The van der Waals surface area contributed by atoms with E-state index >= 15 is 0 Å². The molecule has 1 aromatic carbocycles. The van der Waals surface area contributed by atoms with Gasteiger partial charge in [0.2, 0.25) is 0 Å². The van der Waals surface area contributed by atoms with Crippen molar-refractivity contribution in [2.75, 3.05) is 13.1 Å². The summed E-state index contributed by atoms with van der Waals surface area (Å²) < 4.78 is 0. The molecule has 0 aliphatic heterocycles. The SMILES string of the molecule is [CH]1[CH][CH][C](CN(C[C]2[CH][CH][CH][CH]2)Cc2ccccc2)[CH]1.[Fe+2]. The summed E-state index contributed by atoms with van der Waals surface area (Å²) >= 11 is 0. The number of nitrogens with zero attached hydrogens (tertiary/aromatic N) is 1. The van der Waals surface area contributed by atoms with Crippen LogP contribution in [0.2, 0.25) is 0 Å². The molecule has 0 atom stereocenters. The number of hydrogen-bond donors (Lipinski definition) is 0. The zero-order chi connectivity index (χ0) is 13.6. The second kappa shape index (κ2) is 8.98. The van der Waals surface area contributed by atoms with Crippen LogP contribution in [-0.4, -0.2) is 18.0 Å². The second-order valence-corrected chi connectivity index (χ2v) is 5.22. The van der Waals surface area contributed by atoms with E-state index in [1.54, 1.807) is 0 Å². The predicted octanol–water partition coefficient (Wildman–Crippen LogP) is 3.30. The van der Waals surface area contributed by atoms with E-state index in [2.05, 4.69) is 86.6 Å². The van der Waals surface area contributed by atoms with Gasteiger partial charge in [-0.15, -0.1) is 0 Å². The van der Waals surface area contributed by atoms with Crippen molar-refractivity contribution in [3.05, 3.63) is 99.1 Å². The first kappa shape index (κ1) is 17.1. The number of rotatable bonds is 6. The molecular formula is C19H19FeN+2. The van der Waals surface area contributed by atoms with Gasteiger partial charge in [-0.1, -0.05) is 30.3 Å². The standard InChI is InChI=1S/C19H19N.Fe/c1-2-8-17(9-3-1)14-20(15-18-10-4-5-11-18)16-19-12-6-7-13-19;/h1-13H,14-16H2;/q;+2. The molecule has 21 heavy (non-hydrogen) atoms. The van der Waals surface area contributed by atoms with E-state index in [1.165, 1.54) is 17.4 Å². The molecule has 3 rings (SSSR count). The van der Waals surface area contributed by atoms with Gasteiger partial charge in [-0.05, 0) is 68.8 Å². The summed E-state index contributed by atoms with van der Waals surface area (Å²) in [5.41, 5.74) is 1.37. The van der Waals surface area contributed by atoms with E-state index in [0.29, 0.717) is 0 Å². The van der Waals surface area contributed by atoms with E-state index < -0.39 is 0 Å². The second-order valence-electron chi connectivity index (χ2n) is 5.22. The first-order valence-electron chi connectivity index (χ1n) is 7.07. The Morgan fingerprint density at radius 1 is 0.619 bits per heavy atom. The van der Waals surface area contributed by atoms with Crippen molar-refractivity contribution in [1.29, 1.82) is 0 Å². The van der Waals surface area contributed by atoms with Crippen molar-refractivity contribution in [3.8, 4) is 0 Å². The van der Waals surface area contributed by atoms with Gasteiger partial charge in [0, 0.05) is 19.6 Å². The third-order valence-electron chi connectivity index (χ3n) is 3.52. The Hall–Kier alpha value is -0.301. The van der Waals surface area contributed by atoms with Crippen LogP contribution < -0.4 is 0 Å². The fourth-order valence-corrected chi connectivity index (χ4v) is 2.56. The molecule has 1 aromatic rings. The van der Waals surface area contributed by atoms with Crippen molar-refractivity contribution in [3.63, 3.8) is 0 Å². The van der Waals surface area contributed by atoms with Gasteiger partial charge in [0.25, 0.3) is 0 Å². The van der Waals surface area contributed by atoms with Crippen molar-refractivity contribution in [2.45, 2.75) is 6.54 Å². The molecule has 0 bridgehead atoms. The van der Waals surface area contributed by atoms with Gasteiger partial charge >= 0.3 is 17.1 Å². The zero-order valence-electron chi connectivity index (χ0n) is 11.9. The van der Waals surface area contributed by atoms with Gasteiger partial charge in [0.05, 0.1) is 0 Å². The van der Waals surface area contributed by atoms with Crippen LogP contribution in [-0.2, 0) is 23.6 Å². The van der Waals surface area contributed by atoms with Crippen molar-refractivity contribution in [2.24, 2.45) is 0 Å². The van der Waals surface area contributed by atoms with Crippen LogP contribution in [0.1, 0.15) is 5.56 Å². The summed E-state index contributed by atoms with van der Waals surface area (Å²) in [6.07, 6.45) is 17.2. The third kappa shape index (κ3) is 5.43. The summed E-state index contributed by atoms with van der Waals surface area (Å²) in [5.74, 6) is 2.76. The molecule has 0 amide bonds. The molecule has 1 nitrogen and oxygen atoms in total. The Morgan fingerprint density at radius 3 is 1.57 bits per heavy atom. The van der Waals surface area contributed by atoms with Crippen LogP contribution in [0.15, 0.2) is 30.3 Å². The van der Waals surface area contributed by atoms with Gasteiger partial charge in [0.1, 0.15) is 0 Å². The molecule has 0 unspecified atom stereocenters. The van der Waals surface area contributed by atoms with Gasteiger partial charge in [-0.2, -0.15) is 0 Å². The molecule has 106 valence electrons. The van der Waals surface area contributed by atoms with Crippen LogP contribution >= 0.6 is 0 Å². The Balaban J connectivity index is 0.00000161. The van der Waals surface area contributed by atoms with Crippen LogP contribution in [0.3, 0.4) is 0 Å². The van der Waals surface area contributed by atoms with Gasteiger partial charge < -0.3 is 0 Å². The van der Waals surface area contributed by atoms with E-state index in [9.17, 15) is 0 Å². The Kier molecular flexibility index (Phi) is 7.29. The van der Waals surface area contributed by atoms with Crippen LogP contribution in [0, 0.1) is 63.2 Å². The maximum absolute atomic E-state index is 2.49. The Bertz CT molecular complexity index is 362. The van der Waals surface area contributed by atoms with Gasteiger partial charge in [0.15, 0.2) is 0 Å². The summed E-state index contributed by atoms with van der Waals surface area (Å²) in [7, 11) is 0. The van der Waals surface area contributed by atoms with E-state index in [0.717, 1.165) is 19.6 Å². The molecule has 0 saturated heterocycles. The average molecular weight is 317 g/mol. The molecule has 0 spiro atoms. The molecule has 2 fully saturated rings. The van der Waals surface area contributed by atoms with Crippen LogP contribution in [0.5, 0.6) is 0 Å². The Labute approximate surface area is 141 Å². The fourth-order valence-electron chi connectivity index (χ4n) is 2.56. The molecule has 0 aromatic heterocycles. The van der Waals surface area contributed by atoms with E-state index in [4.69, 9.17) is 0 Å². The quantitative estimate of drug-likeness (QED) is 0.728. The molecular weight excluding hydrogens is 298 g/mol. The van der Waals surface area contributed by atoms with Crippen LogP contribution in [0.4, 0.5) is 0 Å². The minimum Gasteiger partial charge on any atom is -0.298 e. The van der Waals surface area contributed by atoms with E-state index in [-0.39, 0.29) is 17.1 Å². The maximum atomic E-state index is 2.49. The summed E-state index contributed by atoms with van der Waals surface area (Å²) in [5, 5.41) is 0. The molecule has 0 N–H and O–H groups in total. The fraction of sp³-hybridized carbons (Fsp3) is 0.158. The molecule has 2 aliphatic carbocycles. The molecule has 2 heteroatoms. The normalized spacial score (nSPS) is 20.0. The predicted molar refractivity (Wildman–Crippen MR) is 82.6 cm³/mol. The van der Waals surface area contributed by atoms with Gasteiger partial charge in [-0.3, -0.25) is 4.90 Å². The summed E-state index contributed by atoms with van der Waals surface area (Å²) in [6, 6.07) is 10.7. The molecule has 0 heterocycles.